The number of benzene rings is 1. The predicted molar refractivity (Wildman–Crippen MR) is 85.9 cm³/mol. The highest BCUT2D eigenvalue weighted by Gasteiger charge is 2.33. The van der Waals surface area contributed by atoms with E-state index in [1.165, 1.54) is 54.3 Å². The molecule has 18 heavy (non-hydrogen) atoms. The Kier molecular flexibility index (Phi) is 3.68. The van der Waals surface area contributed by atoms with E-state index in [9.17, 15) is 0 Å². The molecule has 98 valence electrons. The molecule has 0 aromatic heterocycles. The van der Waals surface area contributed by atoms with Gasteiger partial charge < -0.3 is 10.6 Å². The van der Waals surface area contributed by atoms with E-state index in [4.69, 9.17) is 5.73 Å². The predicted octanol–water partition coefficient (Wildman–Crippen LogP) is 4.03. The van der Waals surface area contributed by atoms with Gasteiger partial charge in [-0.25, -0.2) is 0 Å². The Morgan fingerprint density at radius 2 is 1.89 bits per heavy atom. The summed E-state index contributed by atoms with van der Waals surface area (Å²) in [5.74, 6) is 0.908. The zero-order valence-corrected chi connectivity index (χ0v) is 12.9. The molecule has 0 bridgehead atoms. The molecule has 1 aromatic rings. The van der Waals surface area contributed by atoms with E-state index in [0.29, 0.717) is 0 Å². The Hall–Kier alpha value is -0.450. The number of piperidine rings is 1. The van der Waals surface area contributed by atoms with Crippen molar-refractivity contribution in [3.8, 4) is 0 Å². The second-order valence-electron chi connectivity index (χ2n) is 5.65. The van der Waals surface area contributed by atoms with Gasteiger partial charge in [0.15, 0.2) is 0 Å². The van der Waals surface area contributed by atoms with Crippen molar-refractivity contribution in [3.05, 3.63) is 21.8 Å². The number of nitrogens with two attached hydrogens (primary N) is 1. The molecular formula is C15H21IN2. The maximum Gasteiger partial charge on any atom is 0.0603 e. The summed E-state index contributed by atoms with van der Waals surface area (Å²) >= 11 is 2.33. The molecule has 0 radical (unpaired) electrons. The Balaban J connectivity index is 1.89. The summed E-state index contributed by atoms with van der Waals surface area (Å²) in [6.07, 6.45) is 8.35. The highest BCUT2D eigenvalue weighted by Crippen LogP contribution is 2.39. The molecule has 0 spiro atoms. The smallest absolute Gasteiger partial charge is 0.0603 e. The Morgan fingerprint density at radius 3 is 2.72 bits per heavy atom. The van der Waals surface area contributed by atoms with E-state index in [1.807, 2.05) is 0 Å². The number of halogens is 1. The number of nitrogen functional groups attached to an aromatic ring is 1. The first kappa shape index (κ1) is 12.6. The van der Waals surface area contributed by atoms with Crippen LogP contribution < -0.4 is 10.6 Å². The number of hydrogen-bond acceptors (Lipinski definition) is 2. The highest BCUT2D eigenvalue weighted by atomic mass is 127. The van der Waals surface area contributed by atoms with Crippen LogP contribution in [0.4, 0.5) is 11.4 Å². The van der Waals surface area contributed by atoms with Gasteiger partial charge >= 0.3 is 0 Å². The van der Waals surface area contributed by atoms with Gasteiger partial charge in [-0.15, -0.1) is 0 Å². The molecule has 2 aliphatic rings. The van der Waals surface area contributed by atoms with Crippen molar-refractivity contribution < 1.29 is 0 Å². The zero-order chi connectivity index (χ0) is 12.5. The fourth-order valence-electron chi connectivity index (χ4n) is 3.71. The summed E-state index contributed by atoms with van der Waals surface area (Å²) in [5.41, 5.74) is 8.45. The van der Waals surface area contributed by atoms with Crippen molar-refractivity contribution >= 4 is 34.0 Å². The van der Waals surface area contributed by atoms with Crippen LogP contribution in [-0.4, -0.2) is 12.6 Å². The van der Waals surface area contributed by atoms with Gasteiger partial charge in [-0.1, -0.05) is 12.8 Å². The third kappa shape index (κ3) is 2.33. The van der Waals surface area contributed by atoms with Gasteiger partial charge in [-0.3, -0.25) is 0 Å². The summed E-state index contributed by atoms with van der Waals surface area (Å²) in [5, 5.41) is 0. The minimum absolute atomic E-state index is 0.745. The fraction of sp³-hybridized carbons (Fsp3) is 0.600. The molecule has 2 atom stereocenters. The molecule has 1 heterocycles. The van der Waals surface area contributed by atoms with Crippen molar-refractivity contribution in [3.63, 3.8) is 0 Å². The van der Waals surface area contributed by atoms with Gasteiger partial charge in [-0.2, -0.15) is 0 Å². The molecule has 3 heteroatoms. The van der Waals surface area contributed by atoms with Crippen LogP contribution in [0.3, 0.4) is 0 Å². The lowest BCUT2D eigenvalue weighted by Gasteiger charge is -2.45. The summed E-state index contributed by atoms with van der Waals surface area (Å²) in [6, 6.07) is 7.24. The molecular weight excluding hydrogens is 335 g/mol. The van der Waals surface area contributed by atoms with E-state index in [1.54, 1.807) is 0 Å². The van der Waals surface area contributed by atoms with E-state index in [-0.39, 0.29) is 0 Å². The standard InChI is InChI=1S/C15H21IN2/c16-12-7-8-15(13(17)10-12)18-9-3-5-11-4-1-2-6-14(11)18/h7-8,10-11,14H,1-6,9,17H2/t11-,14-/m1/s1. The topological polar surface area (TPSA) is 29.3 Å². The second-order valence-corrected chi connectivity index (χ2v) is 6.90. The van der Waals surface area contributed by atoms with E-state index >= 15 is 0 Å². The quantitative estimate of drug-likeness (QED) is 0.608. The average Bonchev–Trinajstić information content (AvgIpc) is 2.38. The van der Waals surface area contributed by atoms with E-state index in [2.05, 4.69) is 45.7 Å². The average molecular weight is 356 g/mol. The number of fused-ring (bicyclic) bond motifs is 1. The largest absolute Gasteiger partial charge is 0.397 e. The molecule has 2 fully saturated rings. The van der Waals surface area contributed by atoms with Crippen molar-refractivity contribution in [2.75, 3.05) is 17.2 Å². The van der Waals surface area contributed by atoms with Crippen LogP contribution in [0, 0.1) is 9.49 Å². The fourth-order valence-corrected chi connectivity index (χ4v) is 4.23. The first-order valence-electron chi connectivity index (χ1n) is 7.07. The minimum Gasteiger partial charge on any atom is -0.397 e. The minimum atomic E-state index is 0.745. The third-order valence-corrected chi connectivity index (χ3v) is 5.21. The lowest BCUT2D eigenvalue weighted by Crippen LogP contribution is -2.47. The normalized spacial score (nSPS) is 27.9. The van der Waals surface area contributed by atoms with Gasteiger partial charge in [0.1, 0.15) is 0 Å². The number of nitrogens with zero attached hydrogens (tertiary/aromatic N) is 1. The van der Waals surface area contributed by atoms with Crippen LogP contribution in [0.15, 0.2) is 18.2 Å². The van der Waals surface area contributed by atoms with Gasteiger partial charge in [0.25, 0.3) is 0 Å². The maximum absolute atomic E-state index is 6.23. The SMILES string of the molecule is Nc1cc(I)ccc1N1CCC[C@H]2CCCC[C@H]21. The summed E-state index contributed by atoms with van der Waals surface area (Å²) in [4.78, 5) is 2.60. The Bertz CT molecular complexity index is 431. The summed E-state index contributed by atoms with van der Waals surface area (Å²) < 4.78 is 1.23. The lowest BCUT2D eigenvalue weighted by atomic mass is 9.78. The van der Waals surface area contributed by atoms with E-state index < -0.39 is 0 Å². The Morgan fingerprint density at radius 1 is 1.11 bits per heavy atom. The van der Waals surface area contributed by atoms with Crippen molar-refractivity contribution in [1.82, 2.24) is 0 Å². The first-order chi connectivity index (χ1) is 8.75. The van der Waals surface area contributed by atoms with Gasteiger partial charge in [0.2, 0.25) is 0 Å². The number of hydrogen-bond donors (Lipinski definition) is 1. The van der Waals surface area contributed by atoms with E-state index in [0.717, 1.165) is 17.6 Å². The molecule has 1 saturated heterocycles. The highest BCUT2D eigenvalue weighted by molar-refractivity contribution is 14.1. The molecule has 1 aliphatic carbocycles. The first-order valence-corrected chi connectivity index (χ1v) is 8.15. The van der Waals surface area contributed by atoms with Gasteiger partial charge in [0.05, 0.1) is 11.4 Å². The zero-order valence-electron chi connectivity index (χ0n) is 10.7. The molecule has 0 unspecified atom stereocenters. The lowest BCUT2D eigenvalue weighted by molar-refractivity contribution is 0.244. The van der Waals surface area contributed by atoms with Crippen LogP contribution >= 0.6 is 22.6 Å². The molecule has 0 amide bonds. The Labute approximate surface area is 123 Å². The molecule has 1 aromatic carbocycles. The molecule has 2 nitrogen and oxygen atoms in total. The molecule has 3 rings (SSSR count). The maximum atomic E-state index is 6.23. The summed E-state index contributed by atoms with van der Waals surface area (Å²) in [7, 11) is 0. The monoisotopic (exact) mass is 356 g/mol. The van der Waals surface area contributed by atoms with Crippen molar-refractivity contribution in [2.45, 2.75) is 44.6 Å². The number of anilines is 2. The molecule has 1 saturated carbocycles. The number of rotatable bonds is 1. The third-order valence-electron chi connectivity index (χ3n) is 4.54. The summed E-state index contributed by atoms with van der Waals surface area (Å²) in [6.45, 7) is 1.19. The van der Waals surface area contributed by atoms with Crippen LogP contribution in [0.25, 0.3) is 0 Å². The van der Waals surface area contributed by atoms with Gasteiger partial charge in [0, 0.05) is 16.2 Å². The molecule has 1 aliphatic heterocycles. The molecule has 2 N–H and O–H groups in total. The van der Waals surface area contributed by atoms with Crippen LogP contribution in [0.5, 0.6) is 0 Å². The van der Waals surface area contributed by atoms with Crippen LogP contribution in [0.1, 0.15) is 38.5 Å². The van der Waals surface area contributed by atoms with Crippen molar-refractivity contribution in [1.29, 1.82) is 0 Å². The van der Waals surface area contributed by atoms with Crippen LogP contribution in [-0.2, 0) is 0 Å². The van der Waals surface area contributed by atoms with Crippen molar-refractivity contribution in [2.24, 2.45) is 5.92 Å². The van der Waals surface area contributed by atoms with Gasteiger partial charge in [-0.05, 0) is 72.4 Å². The van der Waals surface area contributed by atoms with Crippen LogP contribution in [0.2, 0.25) is 0 Å². The second kappa shape index (κ2) is 5.27.